The standard InChI is InChI=1S/2C5H9.Zn/c2*1-2-4-5-3-1;/h2*1H,2-5H2;. The van der Waals surface area contributed by atoms with Crippen LogP contribution in [0.5, 0.6) is 0 Å². The van der Waals surface area contributed by atoms with Crippen molar-refractivity contribution >= 4 is 0 Å². The minimum atomic E-state index is -0.0625. The van der Waals surface area contributed by atoms with E-state index in [9.17, 15) is 0 Å². The molecule has 0 aromatic rings. The van der Waals surface area contributed by atoms with Gasteiger partial charge in [0, 0.05) is 0 Å². The van der Waals surface area contributed by atoms with Gasteiger partial charge in [0.1, 0.15) is 0 Å². The Bertz CT molecular complexity index is 96.0. The van der Waals surface area contributed by atoms with E-state index in [1.807, 2.05) is 0 Å². The fourth-order valence-corrected chi connectivity index (χ4v) is 9.34. The van der Waals surface area contributed by atoms with Crippen LogP contribution in [0, 0.1) is 0 Å². The summed E-state index contributed by atoms with van der Waals surface area (Å²) in [4.78, 5) is 0. The molecule has 0 N–H and O–H groups in total. The molecule has 0 aliphatic heterocycles. The van der Waals surface area contributed by atoms with Crippen molar-refractivity contribution in [2.75, 3.05) is 0 Å². The molecule has 0 amide bonds. The Hall–Kier alpha value is 0.623. The van der Waals surface area contributed by atoms with Crippen molar-refractivity contribution in [3.63, 3.8) is 0 Å². The molecule has 0 bridgehead atoms. The summed E-state index contributed by atoms with van der Waals surface area (Å²) in [6, 6.07) is 0. The first-order valence-electron chi connectivity index (χ1n) is 5.45. The minimum absolute atomic E-state index is 0.0625. The van der Waals surface area contributed by atoms with Crippen LogP contribution < -0.4 is 0 Å². The van der Waals surface area contributed by atoms with Gasteiger partial charge in [0.05, 0.1) is 0 Å². The summed E-state index contributed by atoms with van der Waals surface area (Å²) < 4.78 is 2.65. The van der Waals surface area contributed by atoms with Crippen LogP contribution in [-0.4, -0.2) is 0 Å². The number of rotatable bonds is 2. The van der Waals surface area contributed by atoms with Crippen molar-refractivity contribution in [3.05, 3.63) is 0 Å². The van der Waals surface area contributed by atoms with Gasteiger partial charge in [-0.3, -0.25) is 0 Å². The molecule has 0 nitrogen and oxygen atoms in total. The van der Waals surface area contributed by atoms with E-state index in [2.05, 4.69) is 0 Å². The molecular weight excluding hydrogens is 185 g/mol. The Morgan fingerprint density at radius 3 is 1.36 bits per heavy atom. The van der Waals surface area contributed by atoms with Gasteiger partial charge in [-0.2, -0.15) is 0 Å². The predicted molar refractivity (Wildman–Crippen MR) is 44.4 cm³/mol. The summed E-state index contributed by atoms with van der Waals surface area (Å²) in [5.74, 6) is 0. The topological polar surface area (TPSA) is 0 Å². The van der Waals surface area contributed by atoms with E-state index in [0.717, 1.165) is 0 Å². The van der Waals surface area contributed by atoms with Crippen LogP contribution in [0.4, 0.5) is 0 Å². The second kappa shape index (κ2) is 4.03. The molecule has 0 radical (unpaired) electrons. The van der Waals surface area contributed by atoms with Gasteiger partial charge < -0.3 is 0 Å². The van der Waals surface area contributed by atoms with Crippen LogP contribution in [-0.2, 0) is 17.1 Å². The third-order valence-corrected chi connectivity index (χ3v) is 9.84. The van der Waals surface area contributed by atoms with Crippen LogP contribution in [0.2, 0.25) is 9.02 Å². The summed E-state index contributed by atoms with van der Waals surface area (Å²) >= 11 is -0.0625. The molecule has 2 fully saturated rings. The van der Waals surface area contributed by atoms with E-state index in [4.69, 9.17) is 0 Å². The fourth-order valence-electron chi connectivity index (χ4n) is 2.96. The Morgan fingerprint density at radius 1 is 0.636 bits per heavy atom. The average Bonchev–Trinajstić information content (AvgIpc) is 2.60. The molecule has 0 unspecified atom stereocenters. The molecule has 0 atom stereocenters. The monoisotopic (exact) mass is 202 g/mol. The van der Waals surface area contributed by atoms with Crippen molar-refractivity contribution in [2.45, 2.75) is 60.4 Å². The van der Waals surface area contributed by atoms with Gasteiger partial charge in [-0.25, -0.2) is 0 Å². The normalized spacial score (nSPS) is 27.6. The third-order valence-electron chi connectivity index (χ3n) is 3.62. The molecule has 60 valence electrons. The SMILES string of the molecule is C1CC[CH]([Zn][CH]2CCCC2)C1. The van der Waals surface area contributed by atoms with E-state index < -0.39 is 0 Å². The first-order valence-corrected chi connectivity index (χ1v) is 8.88. The Labute approximate surface area is 77.7 Å². The molecule has 0 saturated heterocycles. The van der Waals surface area contributed by atoms with Crippen LogP contribution >= 0.6 is 0 Å². The number of hydrogen-bond donors (Lipinski definition) is 0. The number of hydrogen-bond acceptors (Lipinski definition) is 0. The quantitative estimate of drug-likeness (QED) is 0.599. The molecule has 0 aromatic heterocycles. The second-order valence-electron chi connectivity index (χ2n) is 4.54. The van der Waals surface area contributed by atoms with Crippen LogP contribution in [0.15, 0.2) is 0 Å². The third kappa shape index (κ3) is 2.28. The van der Waals surface area contributed by atoms with Crippen molar-refractivity contribution in [1.82, 2.24) is 0 Å². The fraction of sp³-hybridized carbons (Fsp3) is 1.00. The zero-order valence-corrected chi connectivity index (χ0v) is 10.5. The van der Waals surface area contributed by atoms with E-state index >= 15 is 0 Å². The Morgan fingerprint density at radius 2 is 1.00 bits per heavy atom. The maximum absolute atomic E-state index is 1.64. The van der Waals surface area contributed by atoms with Crippen LogP contribution in [0.1, 0.15) is 51.4 Å². The molecule has 1 heteroatoms. The molecule has 0 spiro atoms. The first-order chi connectivity index (χ1) is 5.45. The van der Waals surface area contributed by atoms with Gasteiger partial charge in [0.25, 0.3) is 0 Å². The van der Waals surface area contributed by atoms with Crippen LogP contribution in [0.3, 0.4) is 0 Å². The van der Waals surface area contributed by atoms with Gasteiger partial charge in [0.15, 0.2) is 0 Å². The van der Waals surface area contributed by atoms with Gasteiger partial charge in [-0.05, 0) is 0 Å². The van der Waals surface area contributed by atoms with Crippen molar-refractivity contribution < 1.29 is 17.1 Å². The summed E-state index contributed by atoms with van der Waals surface area (Å²) in [7, 11) is 0. The van der Waals surface area contributed by atoms with Crippen molar-refractivity contribution in [1.29, 1.82) is 0 Å². The van der Waals surface area contributed by atoms with E-state index in [-0.39, 0.29) is 17.1 Å². The molecule has 0 aromatic carbocycles. The van der Waals surface area contributed by atoms with Crippen molar-refractivity contribution in [3.8, 4) is 0 Å². The second-order valence-corrected chi connectivity index (χ2v) is 10.4. The van der Waals surface area contributed by atoms with Crippen molar-refractivity contribution in [2.24, 2.45) is 0 Å². The molecule has 2 aliphatic rings. The molecule has 2 saturated carbocycles. The molecule has 11 heavy (non-hydrogen) atoms. The van der Waals surface area contributed by atoms with E-state index in [0.29, 0.717) is 0 Å². The molecule has 2 aliphatic carbocycles. The Kier molecular flexibility index (Phi) is 3.02. The van der Waals surface area contributed by atoms with Gasteiger partial charge in [-0.1, -0.05) is 0 Å². The van der Waals surface area contributed by atoms with E-state index in [1.54, 1.807) is 51.4 Å². The summed E-state index contributed by atoms with van der Waals surface area (Å²) in [6.45, 7) is 0. The van der Waals surface area contributed by atoms with Gasteiger partial charge in [-0.15, -0.1) is 0 Å². The molecular formula is C10H18Zn. The summed E-state index contributed by atoms with van der Waals surface area (Å²) in [6.07, 6.45) is 12.8. The average molecular weight is 204 g/mol. The van der Waals surface area contributed by atoms with Gasteiger partial charge in [0.2, 0.25) is 0 Å². The summed E-state index contributed by atoms with van der Waals surface area (Å²) in [5, 5.41) is 0. The van der Waals surface area contributed by atoms with Gasteiger partial charge >= 0.3 is 77.5 Å². The maximum atomic E-state index is 1.64. The first kappa shape index (κ1) is 8.23. The molecule has 0 heterocycles. The predicted octanol–water partition coefficient (Wildman–Crippen LogP) is 3.79. The van der Waals surface area contributed by atoms with E-state index in [1.165, 1.54) is 9.02 Å². The zero-order chi connectivity index (χ0) is 7.52. The zero-order valence-electron chi connectivity index (χ0n) is 7.52. The Balaban J connectivity index is 1.71. The molecule has 2 rings (SSSR count). The summed E-state index contributed by atoms with van der Waals surface area (Å²) in [5.41, 5.74) is 0. The van der Waals surface area contributed by atoms with Crippen LogP contribution in [0.25, 0.3) is 0 Å².